The highest BCUT2D eigenvalue weighted by atomic mass is 16.5. The Morgan fingerprint density at radius 2 is 0.842 bits per heavy atom. The molecule has 0 aliphatic rings. The first-order chi connectivity index (χ1) is 18.7. The minimum Gasteiger partial charge on any atom is -0.462 e. The maximum atomic E-state index is 12.2. The SMILES string of the molecule is CCCCCCCCC=CCCCCCCCCCCCCOC(=O)c1ccc(C(=O)OCCCC)cc1. The van der Waals surface area contributed by atoms with Gasteiger partial charge in [-0.2, -0.15) is 0 Å². The summed E-state index contributed by atoms with van der Waals surface area (Å²) in [5, 5.41) is 0. The zero-order valence-electron chi connectivity index (χ0n) is 24.7. The molecule has 0 radical (unpaired) electrons. The van der Waals surface area contributed by atoms with Gasteiger partial charge in [-0.25, -0.2) is 9.59 Å². The topological polar surface area (TPSA) is 52.6 Å². The highest BCUT2D eigenvalue weighted by molar-refractivity contribution is 5.93. The van der Waals surface area contributed by atoms with Crippen molar-refractivity contribution in [2.45, 2.75) is 142 Å². The second-order valence-electron chi connectivity index (χ2n) is 10.6. The highest BCUT2D eigenvalue weighted by Gasteiger charge is 2.10. The number of benzene rings is 1. The first-order valence-corrected chi connectivity index (χ1v) is 15.8. The van der Waals surface area contributed by atoms with Crippen LogP contribution in [0.4, 0.5) is 0 Å². The quantitative estimate of drug-likeness (QED) is 0.0719. The zero-order valence-corrected chi connectivity index (χ0v) is 24.7. The van der Waals surface area contributed by atoms with Gasteiger partial charge in [0, 0.05) is 0 Å². The normalized spacial score (nSPS) is 11.2. The minimum absolute atomic E-state index is 0.329. The Bertz CT molecular complexity index is 723. The van der Waals surface area contributed by atoms with E-state index < -0.39 is 0 Å². The molecule has 0 bridgehead atoms. The summed E-state index contributed by atoms with van der Waals surface area (Å²) in [4.78, 5) is 24.1. The summed E-state index contributed by atoms with van der Waals surface area (Å²) in [6.45, 7) is 5.20. The van der Waals surface area contributed by atoms with E-state index in [0.717, 1.165) is 25.7 Å². The Morgan fingerprint density at radius 3 is 1.26 bits per heavy atom. The molecule has 0 fully saturated rings. The number of esters is 2. The van der Waals surface area contributed by atoms with Gasteiger partial charge in [0.2, 0.25) is 0 Å². The monoisotopic (exact) mass is 528 g/mol. The fraction of sp³-hybridized carbons (Fsp3) is 0.706. The molecule has 0 N–H and O–H groups in total. The van der Waals surface area contributed by atoms with Crippen molar-refractivity contribution in [2.24, 2.45) is 0 Å². The molecule has 4 nitrogen and oxygen atoms in total. The van der Waals surface area contributed by atoms with Crippen molar-refractivity contribution in [1.82, 2.24) is 0 Å². The summed E-state index contributed by atoms with van der Waals surface area (Å²) < 4.78 is 10.6. The third-order valence-electron chi connectivity index (χ3n) is 6.98. The smallest absolute Gasteiger partial charge is 0.338 e. The highest BCUT2D eigenvalue weighted by Crippen LogP contribution is 2.13. The maximum Gasteiger partial charge on any atom is 0.338 e. The lowest BCUT2D eigenvalue weighted by molar-refractivity contribution is 0.0484. The number of hydrogen-bond donors (Lipinski definition) is 0. The van der Waals surface area contributed by atoms with E-state index in [0.29, 0.717) is 24.3 Å². The van der Waals surface area contributed by atoms with Gasteiger partial charge in [0.1, 0.15) is 0 Å². The lowest BCUT2D eigenvalue weighted by Crippen LogP contribution is -2.09. The van der Waals surface area contributed by atoms with E-state index in [2.05, 4.69) is 26.0 Å². The van der Waals surface area contributed by atoms with Crippen molar-refractivity contribution in [3.63, 3.8) is 0 Å². The molecule has 0 saturated carbocycles. The van der Waals surface area contributed by atoms with Crippen LogP contribution in [-0.4, -0.2) is 25.2 Å². The number of rotatable bonds is 25. The van der Waals surface area contributed by atoms with Gasteiger partial charge < -0.3 is 9.47 Å². The fourth-order valence-corrected chi connectivity index (χ4v) is 4.44. The van der Waals surface area contributed by atoms with E-state index >= 15 is 0 Å². The Balaban J connectivity index is 1.89. The molecule has 216 valence electrons. The molecule has 4 heteroatoms. The van der Waals surface area contributed by atoms with Gasteiger partial charge in [-0.3, -0.25) is 0 Å². The molecule has 0 aliphatic heterocycles. The Morgan fingerprint density at radius 1 is 0.500 bits per heavy atom. The predicted octanol–water partition coefficient (Wildman–Crippen LogP) is 10.4. The number of allylic oxidation sites excluding steroid dienone is 2. The number of carbonyl (C=O) groups is 2. The van der Waals surface area contributed by atoms with E-state index in [9.17, 15) is 9.59 Å². The predicted molar refractivity (Wildman–Crippen MR) is 160 cm³/mol. The Kier molecular flexibility index (Phi) is 22.5. The molecule has 0 heterocycles. The van der Waals surface area contributed by atoms with Crippen molar-refractivity contribution in [2.75, 3.05) is 13.2 Å². The summed E-state index contributed by atoms with van der Waals surface area (Å²) in [5.74, 6) is -0.677. The summed E-state index contributed by atoms with van der Waals surface area (Å²) in [7, 11) is 0. The second kappa shape index (κ2) is 25.2. The molecule has 1 rings (SSSR count). The summed E-state index contributed by atoms with van der Waals surface area (Å²) in [6.07, 6.45) is 30.0. The molecule has 1 aromatic carbocycles. The van der Waals surface area contributed by atoms with E-state index in [1.54, 1.807) is 24.3 Å². The summed E-state index contributed by atoms with van der Waals surface area (Å²) >= 11 is 0. The standard InChI is InChI=1S/C34H56O4/c1-3-5-7-8-9-10-11-12-13-14-15-16-17-18-19-20-21-22-23-24-30-38-34(36)32-27-25-31(26-28-32)33(35)37-29-6-4-2/h12-13,25-28H,3-11,14-24,29-30H2,1-2H3. The molecule has 0 aromatic heterocycles. The van der Waals surface area contributed by atoms with Gasteiger partial charge in [-0.05, 0) is 62.8 Å². The lowest BCUT2D eigenvalue weighted by atomic mass is 10.1. The molecule has 0 atom stereocenters. The fourth-order valence-electron chi connectivity index (χ4n) is 4.44. The first kappa shape index (κ1) is 33.9. The molecule has 1 aromatic rings. The van der Waals surface area contributed by atoms with E-state index in [-0.39, 0.29) is 11.9 Å². The van der Waals surface area contributed by atoms with Crippen LogP contribution in [0, 0.1) is 0 Å². The van der Waals surface area contributed by atoms with Crippen LogP contribution in [-0.2, 0) is 9.47 Å². The zero-order chi connectivity index (χ0) is 27.5. The first-order valence-electron chi connectivity index (χ1n) is 15.8. The van der Waals surface area contributed by atoms with Crippen LogP contribution in [0.3, 0.4) is 0 Å². The molecule has 0 spiro atoms. The third kappa shape index (κ3) is 19.0. The molecular weight excluding hydrogens is 472 g/mol. The third-order valence-corrected chi connectivity index (χ3v) is 6.98. The summed E-state index contributed by atoms with van der Waals surface area (Å²) in [6, 6.07) is 6.51. The minimum atomic E-state index is -0.347. The average molecular weight is 529 g/mol. The van der Waals surface area contributed by atoms with Gasteiger partial charge in [-0.15, -0.1) is 0 Å². The van der Waals surface area contributed by atoms with Gasteiger partial charge in [0.25, 0.3) is 0 Å². The van der Waals surface area contributed by atoms with Gasteiger partial charge >= 0.3 is 11.9 Å². The van der Waals surface area contributed by atoms with Crippen LogP contribution in [0.5, 0.6) is 0 Å². The van der Waals surface area contributed by atoms with E-state index in [1.807, 2.05) is 0 Å². The maximum absolute atomic E-state index is 12.2. The van der Waals surface area contributed by atoms with Crippen LogP contribution in [0.2, 0.25) is 0 Å². The number of carbonyl (C=O) groups excluding carboxylic acids is 2. The van der Waals surface area contributed by atoms with Crippen molar-refractivity contribution in [1.29, 1.82) is 0 Å². The summed E-state index contributed by atoms with van der Waals surface area (Å²) in [5.41, 5.74) is 0.934. The molecule has 38 heavy (non-hydrogen) atoms. The Hall–Kier alpha value is -2.10. The van der Waals surface area contributed by atoms with E-state index in [4.69, 9.17) is 9.47 Å². The van der Waals surface area contributed by atoms with Crippen LogP contribution in [0.15, 0.2) is 36.4 Å². The van der Waals surface area contributed by atoms with Gasteiger partial charge in [0.15, 0.2) is 0 Å². The second-order valence-corrected chi connectivity index (χ2v) is 10.6. The van der Waals surface area contributed by atoms with Gasteiger partial charge in [0.05, 0.1) is 24.3 Å². The van der Waals surface area contributed by atoms with Crippen molar-refractivity contribution in [3.8, 4) is 0 Å². The van der Waals surface area contributed by atoms with Crippen molar-refractivity contribution in [3.05, 3.63) is 47.5 Å². The number of ether oxygens (including phenoxy) is 2. The van der Waals surface area contributed by atoms with Crippen LogP contribution >= 0.6 is 0 Å². The van der Waals surface area contributed by atoms with Crippen molar-refractivity contribution >= 4 is 11.9 Å². The van der Waals surface area contributed by atoms with Crippen molar-refractivity contribution < 1.29 is 19.1 Å². The van der Waals surface area contributed by atoms with Crippen LogP contribution in [0.1, 0.15) is 163 Å². The molecule has 0 unspecified atom stereocenters. The molecular formula is C34H56O4. The van der Waals surface area contributed by atoms with E-state index in [1.165, 1.54) is 103 Å². The van der Waals surface area contributed by atoms with Crippen LogP contribution in [0.25, 0.3) is 0 Å². The van der Waals surface area contributed by atoms with Crippen LogP contribution < -0.4 is 0 Å². The molecule has 0 saturated heterocycles. The number of unbranched alkanes of at least 4 members (excludes halogenated alkanes) is 17. The average Bonchev–Trinajstić information content (AvgIpc) is 2.94. The Labute approximate surface area is 234 Å². The van der Waals surface area contributed by atoms with Gasteiger partial charge in [-0.1, -0.05) is 116 Å². The molecule has 0 aliphatic carbocycles. The molecule has 0 amide bonds. The lowest BCUT2D eigenvalue weighted by Gasteiger charge is -2.07. The largest absolute Gasteiger partial charge is 0.462 e. The number of hydrogen-bond acceptors (Lipinski definition) is 4.